The monoisotopic (exact) mass is 251 g/mol. The molecule has 18 heavy (non-hydrogen) atoms. The van der Waals surface area contributed by atoms with Gasteiger partial charge in [-0.15, -0.1) is 0 Å². The summed E-state index contributed by atoms with van der Waals surface area (Å²) in [6.07, 6.45) is 2.33. The van der Waals surface area contributed by atoms with E-state index in [1.54, 1.807) is 0 Å². The number of anilines is 1. The molecule has 2 rings (SSSR count). The van der Waals surface area contributed by atoms with Gasteiger partial charge in [0.25, 0.3) is 0 Å². The van der Waals surface area contributed by atoms with Crippen molar-refractivity contribution in [3.63, 3.8) is 0 Å². The maximum Gasteiger partial charge on any atom is 0.175 e. The molecule has 3 N–H and O–H groups in total. The number of rotatable bonds is 2. The number of nitrogens with two attached hydrogens (primary N) is 1. The fourth-order valence-electron chi connectivity index (χ4n) is 2.58. The number of aryl methyl sites for hydroxylation is 2. The first kappa shape index (κ1) is 12.7. The molecule has 0 amide bonds. The van der Waals surface area contributed by atoms with E-state index in [9.17, 15) is 0 Å². The molecule has 1 aliphatic rings. The van der Waals surface area contributed by atoms with Gasteiger partial charge in [0.1, 0.15) is 5.82 Å². The van der Waals surface area contributed by atoms with Crippen molar-refractivity contribution >= 4 is 11.7 Å². The van der Waals surface area contributed by atoms with Gasteiger partial charge >= 0.3 is 0 Å². The Kier molecular flexibility index (Phi) is 3.45. The van der Waals surface area contributed by atoms with E-state index in [0.717, 1.165) is 36.1 Å². The van der Waals surface area contributed by atoms with Crippen LogP contribution < -0.4 is 10.6 Å². The minimum absolute atomic E-state index is 0.134. The Morgan fingerprint density at radius 3 is 2.61 bits per heavy atom. The third kappa shape index (κ3) is 2.14. The predicted molar refractivity (Wildman–Crippen MR) is 71.1 cm³/mol. The van der Waals surface area contributed by atoms with Crippen LogP contribution in [0.5, 0.6) is 0 Å². The standard InChI is InChI=1S/C12H21N5O/c1-8-4-6-17(7-5-8)12-10(11(13)15-18)9(2)14-16(12)3/h8,18H,4-7H2,1-3H3,(H2,13,15). The smallest absolute Gasteiger partial charge is 0.175 e. The van der Waals surface area contributed by atoms with Gasteiger partial charge in [0.2, 0.25) is 0 Å². The molecular weight excluding hydrogens is 230 g/mol. The first-order valence-electron chi connectivity index (χ1n) is 6.31. The number of piperidine rings is 1. The summed E-state index contributed by atoms with van der Waals surface area (Å²) in [7, 11) is 1.90. The number of hydrogen-bond donors (Lipinski definition) is 2. The fraction of sp³-hybridized carbons (Fsp3) is 0.667. The lowest BCUT2D eigenvalue weighted by Gasteiger charge is -2.32. The average molecular weight is 251 g/mol. The van der Waals surface area contributed by atoms with Crippen molar-refractivity contribution in [3.05, 3.63) is 11.3 Å². The Morgan fingerprint density at radius 1 is 1.44 bits per heavy atom. The van der Waals surface area contributed by atoms with Crippen LogP contribution in [-0.4, -0.2) is 33.9 Å². The third-order valence-electron chi connectivity index (χ3n) is 3.64. The van der Waals surface area contributed by atoms with Gasteiger partial charge in [-0.2, -0.15) is 5.10 Å². The second-order valence-corrected chi connectivity index (χ2v) is 5.06. The molecule has 0 bridgehead atoms. The van der Waals surface area contributed by atoms with E-state index < -0.39 is 0 Å². The van der Waals surface area contributed by atoms with E-state index in [1.165, 1.54) is 12.8 Å². The van der Waals surface area contributed by atoms with Crippen LogP contribution in [-0.2, 0) is 7.05 Å². The summed E-state index contributed by atoms with van der Waals surface area (Å²) in [5.41, 5.74) is 7.30. The van der Waals surface area contributed by atoms with E-state index in [-0.39, 0.29) is 5.84 Å². The van der Waals surface area contributed by atoms with Gasteiger partial charge in [0, 0.05) is 20.1 Å². The molecule has 0 unspecified atom stereocenters. The van der Waals surface area contributed by atoms with Crippen molar-refractivity contribution in [1.82, 2.24) is 9.78 Å². The topological polar surface area (TPSA) is 79.7 Å². The first-order valence-corrected chi connectivity index (χ1v) is 6.31. The van der Waals surface area contributed by atoms with Crippen molar-refractivity contribution in [2.24, 2.45) is 23.9 Å². The Bertz CT molecular complexity index is 457. The van der Waals surface area contributed by atoms with Crippen molar-refractivity contribution < 1.29 is 5.21 Å². The minimum Gasteiger partial charge on any atom is -0.409 e. The van der Waals surface area contributed by atoms with Crippen molar-refractivity contribution in [2.45, 2.75) is 26.7 Å². The van der Waals surface area contributed by atoms with Gasteiger partial charge in [-0.05, 0) is 25.7 Å². The molecule has 100 valence electrons. The summed E-state index contributed by atoms with van der Waals surface area (Å²) in [6.45, 7) is 6.14. The van der Waals surface area contributed by atoms with Gasteiger partial charge in [-0.1, -0.05) is 12.1 Å². The highest BCUT2D eigenvalue weighted by atomic mass is 16.4. The Balaban J connectivity index is 2.38. The molecule has 0 radical (unpaired) electrons. The molecular formula is C12H21N5O. The summed E-state index contributed by atoms with van der Waals surface area (Å²) in [5, 5.41) is 16.4. The number of aromatic nitrogens is 2. The van der Waals surface area contributed by atoms with Crippen LogP contribution in [0.3, 0.4) is 0 Å². The molecule has 1 aromatic rings. The van der Waals surface area contributed by atoms with Crippen molar-refractivity contribution in [1.29, 1.82) is 0 Å². The maximum atomic E-state index is 8.89. The average Bonchev–Trinajstić information content (AvgIpc) is 2.64. The predicted octanol–water partition coefficient (Wildman–Crippen LogP) is 1.06. The lowest BCUT2D eigenvalue weighted by Crippen LogP contribution is -2.35. The molecule has 6 heteroatoms. The van der Waals surface area contributed by atoms with E-state index in [1.807, 2.05) is 18.7 Å². The molecule has 1 aromatic heterocycles. The normalized spacial score (nSPS) is 18.4. The third-order valence-corrected chi connectivity index (χ3v) is 3.64. The lowest BCUT2D eigenvalue weighted by molar-refractivity contribution is 0.318. The van der Waals surface area contributed by atoms with E-state index in [0.29, 0.717) is 0 Å². The summed E-state index contributed by atoms with van der Waals surface area (Å²) >= 11 is 0. The van der Waals surface area contributed by atoms with Crippen LogP contribution in [0.15, 0.2) is 5.16 Å². The van der Waals surface area contributed by atoms with Gasteiger partial charge in [0.05, 0.1) is 11.3 Å². The Labute approximate surface area is 107 Å². The van der Waals surface area contributed by atoms with Crippen LogP contribution in [0.4, 0.5) is 5.82 Å². The largest absolute Gasteiger partial charge is 0.409 e. The number of hydrogen-bond acceptors (Lipinski definition) is 4. The van der Waals surface area contributed by atoms with Crippen LogP contribution in [0.2, 0.25) is 0 Å². The molecule has 0 aromatic carbocycles. The SMILES string of the molecule is Cc1nn(C)c(N2CCC(C)CC2)c1C(N)=NO. The summed E-state index contributed by atoms with van der Waals surface area (Å²) in [6, 6.07) is 0. The quantitative estimate of drug-likeness (QED) is 0.356. The Hall–Kier alpha value is -1.72. The minimum atomic E-state index is 0.134. The molecule has 1 saturated heterocycles. The van der Waals surface area contributed by atoms with Gasteiger partial charge in [-0.3, -0.25) is 4.68 Å². The van der Waals surface area contributed by atoms with Gasteiger partial charge in [0.15, 0.2) is 5.84 Å². The molecule has 0 saturated carbocycles. The van der Waals surface area contributed by atoms with Crippen LogP contribution in [0.1, 0.15) is 31.0 Å². The molecule has 1 aliphatic heterocycles. The zero-order chi connectivity index (χ0) is 13.3. The highest BCUT2D eigenvalue weighted by molar-refractivity contribution is 6.02. The van der Waals surface area contributed by atoms with Gasteiger partial charge in [-0.25, -0.2) is 0 Å². The number of oxime groups is 1. The molecule has 0 aliphatic carbocycles. The highest BCUT2D eigenvalue weighted by Gasteiger charge is 2.25. The second-order valence-electron chi connectivity index (χ2n) is 5.06. The summed E-state index contributed by atoms with van der Waals surface area (Å²) < 4.78 is 1.82. The fourth-order valence-corrected chi connectivity index (χ4v) is 2.58. The zero-order valence-electron chi connectivity index (χ0n) is 11.2. The lowest BCUT2D eigenvalue weighted by atomic mass is 9.99. The van der Waals surface area contributed by atoms with E-state index in [4.69, 9.17) is 10.9 Å². The zero-order valence-corrected chi connectivity index (χ0v) is 11.2. The van der Waals surface area contributed by atoms with Crippen molar-refractivity contribution in [3.8, 4) is 0 Å². The first-order chi connectivity index (χ1) is 8.54. The summed E-state index contributed by atoms with van der Waals surface area (Å²) in [4.78, 5) is 2.27. The van der Waals surface area contributed by atoms with Crippen LogP contribution in [0, 0.1) is 12.8 Å². The molecule has 0 atom stereocenters. The van der Waals surface area contributed by atoms with Crippen LogP contribution in [0.25, 0.3) is 0 Å². The van der Waals surface area contributed by atoms with Gasteiger partial charge < -0.3 is 15.8 Å². The number of amidine groups is 1. The molecule has 0 spiro atoms. The van der Waals surface area contributed by atoms with E-state index >= 15 is 0 Å². The van der Waals surface area contributed by atoms with E-state index in [2.05, 4.69) is 22.1 Å². The summed E-state index contributed by atoms with van der Waals surface area (Å²) in [5.74, 6) is 1.85. The molecule has 2 heterocycles. The Morgan fingerprint density at radius 2 is 2.06 bits per heavy atom. The van der Waals surface area contributed by atoms with Crippen LogP contribution >= 0.6 is 0 Å². The molecule has 6 nitrogen and oxygen atoms in total. The molecule has 1 fully saturated rings. The van der Waals surface area contributed by atoms with Crippen molar-refractivity contribution in [2.75, 3.05) is 18.0 Å². The number of nitrogens with zero attached hydrogens (tertiary/aromatic N) is 4. The maximum absolute atomic E-state index is 8.89. The second kappa shape index (κ2) is 4.88. The highest BCUT2D eigenvalue weighted by Crippen LogP contribution is 2.27.